The minimum absolute atomic E-state index is 0.496. The maximum atomic E-state index is 5.47. The van der Waals surface area contributed by atoms with Crippen LogP contribution >= 0.6 is 0 Å². The Hall–Kier alpha value is -2.14. The van der Waals surface area contributed by atoms with Gasteiger partial charge in [-0.05, 0) is 37.8 Å². The Morgan fingerprint density at radius 3 is 2.68 bits per heavy atom. The lowest BCUT2D eigenvalue weighted by Gasteiger charge is -2.32. The molecule has 5 nitrogen and oxygen atoms in total. The van der Waals surface area contributed by atoms with Crippen LogP contribution in [-0.2, 0) is 6.54 Å². The number of para-hydroxylation sites is 1. The summed E-state index contributed by atoms with van der Waals surface area (Å²) >= 11 is 0. The number of methoxy groups -OCH3 is 1. The average Bonchev–Trinajstić information content (AvgIpc) is 3.49. The van der Waals surface area contributed by atoms with Gasteiger partial charge in [-0.1, -0.05) is 18.2 Å². The molecule has 4 rings (SSSR count). The minimum atomic E-state index is 0.496. The van der Waals surface area contributed by atoms with Crippen molar-refractivity contribution >= 4 is 5.82 Å². The Morgan fingerprint density at radius 2 is 1.92 bits per heavy atom. The van der Waals surface area contributed by atoms with Crippen molar-refractivity contribution in [1.29, 1.82) is 0 Å². The third-order valence-electron chi connectivity index (χ3n) is 5.14. The van der Waals surface area contributed by atoms with E-state index in [0.717, 1.165) is 49.9 Å². The number of anilines is 1. The molecule has 1 aliphatic heterocycles. The van der Waals surface area contributed by atoms with Crippen LogP contribution in [0.1, 0.15) is 43.0 Å². The van der Waals surface area contributed by atoms with Crippen LogP contribution in [0.5, 0.6) is 5.75 Å². The maximum absolute atomic E-state index is 5.47. The quantitative estimate of drug-likeness (QED) is 0.874. The zero-order chi connectivity index (χ0) is 17.1. The molecular weight excluding hydrogens is 312 g/mol. The van der Waals surface area contributed by atoms with Gasteiger partial charge in [0.25, 0.3) is 0 Å². The number of nitrogens with one attached hydrogen (secondary N) is 1. The summed E-state index contributed by atoms with van der Waals surface area (Å²) in [5, 5.41) is 3.61. The Bertz CT molecular complexity index is 708. The van der Waals surface area contributed by atoms with E-state index in [2.05, 4.69) is 32.3 Å². The molecule has 1 aliphatic carbocycles. The molecule has 2 aromatic rings. The number of rotatable bonds is 6. The van der Waals surface area contributed by atoms with Gasteiger partial charge in [-0.2, -0.15) is 0 Å². The van der Waals surface area contributed by atoms with E-state index in [1.807, 2.05) is 24.4 Å². The van der Waals surface area contributed by atoms with Crippen molar-refractivity contribution in [3.8, 4) is 5.75 Å². The van der Waals surface area contributed by atoms with E-state index in [1.165, 1.54) is 18.4 Å². The van der Waals surface area contributed by atoms with E-state index in [9.17, 15) is 0 Å². The van der Waals surface area contributed by atoms with Gasteiger partial charge in [0.2, 0.25) is 0 Å². The number of nitrogens with zero attached hydrogens (tertiary/aromatic N) is 3. The predicted octanol–water partition coefficient (Wildman–Crippen LogP) is 3.44. The SMILES string of the molecule is COc1ccccc1CN1CCC(Nc2ccnc(C3CC3)n2)CC1. The molecule has 0 unspecified atom stereocenters. The summed E-state index contributed by atoms with van der Waals surface area (Å²) in [5.74, 6) is 3.58. The van der Waals surface area contributed by atoms with Crippen LogP contribution in [0.25, 0.3) is 0 Å². The summed E-state index contributed by atoms with van der Waals surface area (Å²) in [6, 6.07) is 10.8. The highest BCUT2D eigenvalue weighted by Gasteiger charge is 2.27. The molecule has 2 aliphatic rings. The van der Waals surface area contributed by atoms with Crippen molar-refractivity contribution in [3.05, 3.63) is 47.9 Å². The normalized spacial score (nSPS) is 18.9. The Labute approximate surface area is 149 Å². The molecule has 1 saturated heterocycles. The van der Waals surface area contributed by atoms with Crippen molar-refractivity contribution < 1.29 is 4.74 Å². The zero-order valence-corrected chi connectivity index (χ0v) is 14.8. The van der Waals surface area contributed by atoms with Gasteiger partial charge >= 0.3 is 0 Å². The third kappa shape index (κ3) is 4.10. The smallest absolute Gasteiger partial charge is 0.133 e. The van der Waals surface area contributed by atoms with E-state index >= 15 is 0 Å². The molecule has 132 valence electrons. The Balaban J connectivity index is 1.30. The van der Waals surface area contributed by atoms with E-state index in [-0.39, 0.29) is 0 Å². The summed E-state index contributed by atoms with van der Waals surface area (Å²) in [6.07, 6.45) is 6.64. The lowest BCUT2D eigenvalue weighted by Crippen LogP contribution is -2.38. The molecule has 5 heteroatoms. The summed E-state index contributed by atoms with van der Waals surface area (Å²) in [4.78, 5) is 11.6. The first kappa shape index (κ1) is 16.3. The van der Waals surface area contributed by atoms with Crippen LogP contribution in [0.3, 0.4) is 0 Å². The summed E-state index contributed by atoms with van der Waals surface area (Å²) in [7, 11) is 1.74. The van der Waals surface area contributed by atoms with Gasteiger partial charge in [-0.25, -0.2) is 9.97 Å². The lowest BCUT2D eigenvalue weighted by atomic mass is 10.0. The third-order valence-corrected chi connectivity index (χ3v) is 5.14. The van der Waals surface area contributed by atoms with E-state index in [4.69, 9.17) is 4.74 Å². The number of benzene rings is 1. The molecule has 1 aromatic heterocycles. The van der Waals surface area contributed by atoms with Crippen molar-refractivity contribution in [2.75, 3.05) is 25.5 Å². The topological polar surface area (TPSA) is 50.3 Å². The molecule has 25 heavy (non-hydrogen) atoms. The Kier molecular flexibility index (Phi) is 4.83. The first-order valence-electron chi connectivity index (χ1n) is 9.25. The highest BCUT2D eigenvalue weighted by molar-refractivity contribution is 5.36. The molecular formula is C20H26N4O. The zero-order valence-electron chi connectivity index (χ0n) is 14.8. The van der Waals surface area contributed by atoms with Crippen LogP contribution in [0.4, 0.5) is 5.82 Å². The second-order valence-corrected chi connectivity index (χ2v) is 7.08. The largest absolute Gasteiger partial charge is 0.496 e. The standard InChI is InChI=1S/C20H26N4O/c1-25-18-5-3-2-4-16(18)14-24-12-9-17(10-13-24)22-19-8-11-21-20(23-19)15-6-7-15/h2-5,8,11,15,17H,6-7,9-10,12-14H2,1H3,(H,21,22,23). The van der Waals surface area contributed by atoms with Crippen LogP contribution in [0.2, 0.25) is 0 Å². The first-order valence-corrected chi connectivity index (χ1v) is 9.25. The molecule has 1 N–H and O–H groups in total. The molecule has 0 atom stereocenters. The average molecular weight is 338 g/mol. The van der Waals surface area contributed by atoms with Gasteiger partial charge in [0.1, 0.15) is 17.4 Å². The van der Waals surface area contributed by atoms with Crippen molar-refractivity contribution in [1.82, 2.24) is 14.9 Å². The number of hydrogen-bond acceptors (Lipinski definition) is 5. The summed E-state index contributed by atoms with van der Waals surface area (Å²) in [5.41, 5.74) is 1.27. The number of likely N-dealkylation sites (tertiary alicyclic amines) is 1. The van der Waals surface area contributed by atoms with E-state index in [1.54, 1.807) is 7.11 Å². The number of hydrogen-bond donors (Lipinski definition) is 1. The fourth-order valence-corrected chi connectivity index (χ4v) is 3.51. The van der Waals surface area contributed by atoms with Crippen LogP contribution < -0.4 is 10.1 Å². The van der Waals surface area contributed by atoms with Crippen LogP contribution in [0.15, 0.2) is 36.5 Å². The highest BCUT2D eigenvalue weighted by Crippen LogP contribution is 2.38. The highest BCUT2D eigenvalue weighted by atomic mass is 16.5. The fourth-order valence-electron chi connectivity index (χ4n) is 3.51. The predicted molar refractivity (Wildman–Crippen MR) is 98.9 cm³/mol. The van der Waals surface area contributed by atoms with Gasteiger partial charge < -0.3 is 10.1 Å². The molecule has 0 radical (unpaired) electrons. The van der Waals surface area contributed by atoms with Gasteiger partial charge in [0.05, 0.1) is 7.11 Å². The maximum Gasteiger partial charge on any atom is 0.133 e. The molecule has 1 saturated carbocycles. The second kappa shape index (κ2) is 7.40. The van der Waals surface area contributed by atoms with Gasteiger partial charge in [0, 0.05) is 43.4 Å². The van der Waals surface area contributed by atoms with Crippen molar-refractivity contribution in [3.63, 3.8) is 0 Å². The molecule has 2 fully saturated rings. The monoisotopic (exact) mass is 338 g/mol. The van der Waals surface area contributed by atoms with Gasteiger partial charge in [-0.3, -0.25) is 4.90 Å². The molecule has 1 aromatic carbocycles. The minimum Gasteiger partial charge on any atom is -0.496 e. The van der Waals surface area contributed by atoms with E-state index in [0.29, 0.717) is 12.0 Å². The molecule has 0 bridgehead atoms. The molecule has 0 amide bonds. The molecule has 0 spiro atoms. The van der Waals surface area contributed by atoms with Crippen LogP contribution in [-0.4, -0.2) is 41.1 Å². The van der Waals surface area contributed by atoms with Crippen molar-refractivity contribution in [2.24, 2.45) is 0 Å². The second-order valence-electron chi connectivity index (χ2n) is 7.08. The van der Waals surface area contributed by atoms with Crippen molar-refractivity contribution in [2.45, 2.75) is 44.2 Å². The number of aromatic nitrogens is 2. The summed E-state index contributed by atoms with van der Waals surface area (Å²) in [6.45, 7) is 3.14. The summed E-state index contributed by atoms with van der Waals surface area (Å²) < 4.78 is 5.47. The number of piperidine rings is 1. The van der Waals surface area contributed by atoms with Crippen LogP contribution in [0, 0.1) is 0 Å². The fraction of sp³-hybridized carbons (Fsp3) is 0.500. The molecule has 2 heterocycles. The van der Waals surface area contributed by atoms with Gasteiger partial charge in [0.15, 0.2) is 0 Å². The van der Waals surface area contributed by atoms with Gasteiger partial charge in [-0.15, -0.1) is 0 Å². The lowest BCUT2D eigenvalue weighted by molar-refractivity contribution is 0.208. The first-order chi connectivity index (χ1) is 12.3. The van der Waals surface area contributed by atoms with E-state index < -0.39 is 0 Å². The Morgan fingerprint density at radius 1 is 1.12 bits per heavy atom. The number of ether oxygens (including phenoxy) is 1.